The predicted octanol–water partition coefficient (Wildman–Crippen LogP) is 4.30. The highest BCUT2D eigenvalue weighted by Gasteiger charge is 2.25. The van der Waals surface area contributed by atoms with Crippen LogP contribution in [0.15, 0.2) is 53.3 Å². The first kappa shape index (κ1) is 17.1. The summed E-state index contributed by atoms with van der Waals surface area (Å²) in [6, 6.07) is 12.3. The normalized spacial score (nSPS) is 18.0. The third-order valence-corrected chi connectivity index (χ3v) is 5.44. The third kappa shape index (κ3) is 3.43. The Morgan fingerprint density at radius 2 is 2.21 bits per heavy atom. The Kier molecular flexibility index (Phi) is 4.41. The zero-order valence-corrected chi connectivity index (χ0v) is 15.9. The lowest BCUT2D eigenvalue weighted by Gasteiger charge is -2.30. The van der Waals surface area contributed by atoms with Gasteiger partial charge < -0.3 is 9.51 Å². The topological polar surface area (TPSA) is 70.8 Å². The summed E-state index contributed by atoms with van der Waals surface area (Å²) in [7, 11) is 0. The SMILES string of the molecule is Cc1ccc2nc([C@H]3CCCN(Cc4cc(-c5cccnc5)no4)C3)[nH]c2c1. The minimum absolute atomic E-state index is 0.419. The maximum atomic E-state index is 5.58. The molecule has 1 N–H and O–H groups in total. The van der Waals surface area contributed by atoms with E-state index in [1.54, 1.807) is 6.20 Å². The van der Waals surface area contributed by atoms with Crippen LogP contribution in [0.25, 0.3) is 22.3 Å². The minimum Gasteiger partial charge on any atom is -0.359 e. The van der Waals surface area contributed by atoms with E-state index in [0.717, 1.165) is 66.4 Å². The van der Waals surface area contributed by atoms with Crippen LogP contribution in [-0.4, -0.2) is 38.1 Å². The zero-order chi connectivity index (χ0) is 18.9. The molecule has 6 nitrogen and oxygen atoms in total. The lowest BCUT2D eigenvalue weighted by Crippen LogP contribution is -2.34. The molecule has 4 aromatic rings. The summed E-state index contributed by atoms with van der Waals surface area (Å²) in [5.74, 6) is 2.40. The number of rotatable bonds is 4. The quantitative estimate of drug-likeness (QED) is 0.577. The van der Waals surface area contributed by atoms with E-state index < -0.39 is 0 Å². The van der Waals surface area contributed by atoms with Crippen molar-refractivity contribution in [3.05, 3.63) is 65.9 Å². The third-order valence-electron chi connectivity index (χ3n) is 5.44. The van der Waals surface area contributed by atoms with Gasteiger partial charge in [0.05, 0.1) is 17.6 Å². The lowest BCUT2D eigenvalue weighted by molar-refractivity contribution is 0.178. The molecule has 0 saturated carbocycles. The minimum atomic E-state index is 0.419. The fourth-order valence-corrected chi connectivity index (χ4v) is 4.02. The molecule has 0 unspecified atom stereocenters. The number of aryl methyl sites for hydroxylation is 1. The second kappa shape index (κ2) is 7.20. The van der Waals surface area contributed by atoms with Crippen molar-refractivity contribution in [1.82, 2.24) is 25.0 Å². The fraction of sp³-hybridized carbons (Fsp3) is 0.318. The molecule has 1 aliphatic heterocycles. The van der Waals surface area contributed by atoms with E-state index in [4.69, 9.17) is 9.51 Å². The average molecular weight is 373 g/mol. The zero-order valence-electron chi connectivity index (χ0n) is 15.9. The van der Waals surface area contributed by atoms with Crippen LogP contribution >= 0.6 is 0 Å². The fourth-order valence-electron chi connectivity index (χ4n) is 4.02. The van der Waals surface area contributed by atoms with Crippen LogP contribution < -0.4 is 0 Å². The number of pyridine rings is 1. The molecular weight excluding hydrogens is 350 g/mol. The van der Waals surface area contributed by atoms with E-state index in [1.165, 1.54) is 5.56 Å². The van der Waals surface area contributed by atoms with Crippen LogP contribution in [0.3, 0.4) is 0 Å². The Balaban J connectivity index is 1.30. The van der Waals surface area contributed by atoms with Crippen LogP contribution in [0.4, 0.5) is 0 Å². The van der Waals surface area contributed by atoms with Crippen molar-refractivity contribution in [2.45, 2.75) is 32.2 Å². The molecule has 0 amide bonds. The molecule has 5 rings (SSSR count). The highest BCUT2D eigenvalue weighted by molar-refractivity contribution is 5.75. The van der Waals surface area contributed by atoms with Gasteiger partial charge in [0.15, 0.2) is 5.76 Å². The van der Waals surface area contributed by atoms with Crippen molar-refractivity contribution in [2.75, 3.05) is 13.1 Å². The summed E-state index contributed by atoms with van der Waals surface area (Å²) in [6.45, 7) is 4.92. The first-order valence-electron chi connectivity index (χ1n) is 9.79. The highest BCUT2D eigenvalue weighted by Crippen LogP contribution is 2.28. The summed E-state index contributed by atoms with van der Waals surface area (Å²) in [4.78, 5) is 15.0. The number of nitrogens with one attached hydrogen (secondary N) is 1. The summed E-state index contributed by atoms with van der Waals surface area (Å²) in [5.41, 5.74) is 5.25. The summed E-state index contributed by atoms with van der Waals surface area (Å²) < 4.78 is 5.58. The van der Waals surface area contributed by atoms with Crippen molar-refractivity contribution in [3.8, 4) is 11.3 Å². The van der Waals surface area contributed by atoms with Crippen molar-refractivity contribution >= 4 is 11.0 Å². The molecule has 1 aliphatic rings. The Morgan fingerprint density at radius 3 is 3.11 bits per heavy atom. The highest BCUT2D eigenvalue weighted by atomic mass is 16.5. The van der Waals surface area contributed by atoms with Gasteiger partial charge in [-0.2, -0.15) is 0 Å². The number of H-pyrrole nitrogens is 1. The van der Waals surface area contributed by atoms with Crippen molar-refractivity contribution in [1.29, 1.82) is 0 Å². The van der Waals surface area contributed by atoms with E-state index >= 15 is 0 Å². The number of imidazole rings is 1. The van der Waals surface area contributed by atoms with Gasteiger partial charge in [-0.3, -0.25) is 9.88 Å². The molecule has 6 heteroatoms. The van der Waals surface area contributed by atoms with E-state index in [9.17, 15) is 0 Å². The first-order chi connectivity index (χ1) is 13.7. The Bertz CT molecular complexity index is 1080. The van der Waals surface area contributed by atoms with Gasteiger partial charge in [0.2, 0.25) is 0 Å². The van der Waals surface area contributed by atoms with E-state index in [1.807, 2.05) is 24.4 Å². The van der Waals surface area contributed by atoms with Crippen LogP contribution in [-0.2, 0) is 6.54 Å². The van der Waals surface area contributed by atoms with E-state index in [0.29, 0.717) is 5.92 Å². The average Bonchev–Trinajstić information content (AvgIpc) is 3.35. The molecule has 3 aromatic heterocycles. The summed E-state index contributed by atoms with van der Waals surface area (Å²) >= 11 is 0. The maximum absolute atomic E-state index is 5.58. The van der Waals surface area contributed by atoms with Crippen molar-refractivity contribution in [2.24, 2.45) is 0 Å². The lowest BCUT2D eigenvalue weighted by atomic mass is 9.97. The van der Waals surface area contributed by atoms with Crippen LogP contribution in [0.1, 0.15) is 35.9 Å². The van der Waals surface area contributed by atoms with Gasteiger partial charge in [-0.05, 0) is 56.1 Å². The number of aromatic amines is 1. The Labute approximate surface area is 163 Å². The first-order valence-corrected chi connectivity index (χ1v) is 9.79. The molecule has 0 spiro atoms. The van der Waals surface area contributed by atoms with Crippen molar-refractivity contribution in [3.63, 3.8) is 0 Å². The molecule has 1 fully saturated rings. The van der Waals surface area contributed by atoms with E-state index in [-0.39, 0.29) is 0 Å². The summed E-state index contributed by atoms with van der Waals surface area (Å²) in [6.07, 6.45) is 5.89. The van der Waals surface area contributed by atoms with Gasteiger partial charge in [-0.15, -0.1) is 0 Å². The molecule has 0 bridgehead atoms. The number of benzene rings is 1. The van der Waals surface area contributed by atoms with Gasteiger partial charge in [0.25, 0.3) is 0 Å². The molecular formula is C22H23N5O. The number of hydrogen-bond donors (Lipinski definition) is 1. The number of fused-ring (bicyclic) bond motifs is 1. The van der Waals surface area contributed by atoms with Crippen LogP contribution in [0, 0.1) is 6.92 Å². The Morgan fingerprint density at radius 1 is 1.25 bits per heavy atom. The molecule has 0 radical (unpaired) electrons. The second-order valence-electron chi connectivity index (χ2n) is 7.64. The number of nitrogens with zero attached hydrogens (tertiary/aromatic N) is 4. The number of piperidine rings is 1. The van der Waals surface area contributed by atoms with Crippen molar-refractivity contribution < 1.29 is 4.52 Å². The molecule has 1 saturated heterocycles. The van der Waals surface area contributed by atoms with Gasteiger partial charge >= 0.3 is 0 Å². The van der Waals surface area contributed by atoms with Gasteiger partial charge in [-0.25, -0.2) is 4.98 Å². The number of hydrogen-bond acceptors (Lipinski definition) is 5. The van der Waals surface area contributed by atoms with Gasteiger partial charge in [0.1, 0.15) is 11.5 Å². The summed E-state index contributed by atoms with van der Waals surface area (Å²) in [5, 5.41) is 4.21. The Hall–Kier alpha value is -2.99. The standard InChI is InChI=1S/C22H23N5O/c1-15-6-7-19-21(10-15)25-22(24-19)17-5-3-9-27(13-17)14-18-11-20(26-28-18)16-4-2-8-23-12-16/h2,4,6-8,10-12,17H,3,5,9,13-14H2,1H3,(H,24,25)/t17-/m0/s1. The van der Waals surface area contributed by atoms with E-state index in [2.05, 4.69) is 45.1 Å². The largest absolute Gasteiger partial charge is 0.359 e. The monoisotopic (exact) mass is 373 g/mol. The second-order valence-corrected chi connectivity index (χ2v) is 7.64. The maximum Gasteiger partial charge on any atom is 0.151 e. The number of aromatic nitrogens is 4. The predicted molar refractivity (Wildman–Crippen MR) is 108 cm³/mol. The molecule has 4 heterocycles. The molecule has 1 aromatic carbocycles. The molecule has 1 atom stereocenters. The van der Waals surface area contributed by atoms with Crippen LogP contribution in [0.5, 0.6) is 0 Å². The van der Waals surface area contributed by atoms with Gasteiger partial charge in [-0.1, -0.05) is 11.2 Å². The number of likely N-dealkylation sites (tertiary alicyclic amines) is 1. The van der Waals surface area contributed by atoms with Crippen LogP contribution in [0.2, 0.25) is 0 Å². The molecule has 142 valence electrons. The smallest absolute Gasteiger partial charge is 0.151 e. The molecule has 0 aliphatic carbocycles. The van der Waals surface area contributed by atoms with Gasteiger partial charge in [0, 0.05) is 36.5 Å². The molecule has 28 heavy (non-hydrogen) atoms.